The van der Waals surface area contributed by atoms with Gasteiger partial charge < -0.3 is 14.2 Å². The maximum absolute atomic E-state index is 12.4. The molecular weight excluding hydrogens is 292 g/mol. The van der Waals surface area contributed by atoms with E-state index in [2.05, 4.69) is 0 Å². The highest BCUT2D eigenvalue weighted by Gasteiger charge is 2.86. The topological polar surface area (TPSA) is 96.0 Å². The first-order chi connectivity index (χ1) is 10.4. The molecule has 3 aliphatic heterocycles. The summed E-state index contributed by atoms with van der Waals surface area (Å²) < 4.78 is 15.6. The molecule has 3 saturated heterocycles. The molecule has 3 heterocycles. The van der Waals surface area contributed by atoms with Crippen LogP contribution in [-0.2, 0) is 33.4 Å². The number of ketones is 1. The summed E-state index contributed by atoms with van der Waals surface area (Å²) in [5, 5.41) is 0. The summed E-state index contributed by atoms with van der Waals surface area (Å²) in [4.78, 5) is 47.8. The summed E-state index contributed by atoms with van der Waals surface area (Å²) >= 11 is 0. The minimum Gasteiger partial charge on any atom is -0.466 e. The summed E-state index contributed by atoms with van der Waals surface area (Å²) in [6, 6.07) is 0. The number of ether oxygens (including phenoxy) is 3. The van der Waals surface area contributed by atoms with Gasteiger partial charge in [-0.2, -0.15) is 0 Å². The largest absolute Gasteiger partial charge is 0.466 e. The van der Waals surface area contributed by atoms with E-state index >= 15 is 0 Å². The predicted molar refractivity (Wildman–Crippen MR) is 68.1 cm³/mol. The van der Waals surface area contributed by atoms with Crippen LogP contribution in [0.25, 0.3) is 0 Å². The van der Waals surface area contributed by atoms with E-state index in [1.54, 1.807) is 6.92 Å². The lowest BCUT2D eigenvalue weighted by Gasteiger charge is -2.22. The molecule has 4 fully saturated rings. The lowest BCUT2D eigenvalue weighted by atomic mass is 9.81. The van der Waals surface area contributed by atoms with E-state index < -0.39 is 47.4 Å². The van der Waals surface area contributed by atoms with Gasteiger partial charge in [-0.15, -0.1) is 0 Å². The van der Waals surface area contributed by atoms with Crippen LogP contribution < -0.4 is 0 Å². The van der Waals surface area contributed by atoms with Crippen molar-refractivity contribution >= 4 is 23.7 Å². The Kier molecular flexibility index (Phi) is 2.62. The zero-order valence-electron chi connectivity index (χ0n) is 12.2. The van der Waals surface area contributed by atoms with Gasteiger partial charge in [-0.25, -0.2) is 0 Å². The first-order valence-electron chi connectivity index (χ1n) is 7.51. The molecule has 22 heavy (non-hydrogen) atoms. The zero-order chi connectivity index (χ0) is 15.8. The highest BCUT2D eigenvalue weighted by molar-refractivity contribution is 5.99. The number of hydrogen-bond acceptors (Lipinski definition) is 7. The predicted octanol–water partition coefficient (Wildman–Crippen LogP) is -0.142. The van der Waals surface area contributed by atoms with Crippen molar-refractivity contribution in [1.29, 1.82) is 0 Å². The Morgan fingerprint density at radius 3 is 2.14 bits per heavy atom. The molecular formula is C15H16O7. The molecule has 1 aliphatic carbocycles. The van der Waals surface area contributed by atoms with Crippen LogP contribution in [0.5, 0.6) is 0 Å². The molecule has 0 aromatic rings. The molecule has 7 heteroatoms. The minimum absolute atomic E-state index is 0.0696. The fourth-order valence-electron chi connectivity index (χ4n) is 4.92. The molecule has 4 rings (SSSR count). The van der Waals surface area contributed by atoms with E-state index in [0.717, 1.165) is 0 Å². The summed E-state index contributed by atoms with van der Waals surface area (Å²) in [5.74, 6) is -3.42. The van der Waals surface area contributed by atoms with Crippen LogP contribution in [0, 0.1) is 29.1 Å². The van der Waals surface area contributed by atoms with Crippen molar-refractivity contribution in [2.45, 2.75) is 32.5 Å². The van der Waals surface area contributed by atoms with Crippen molar-refractivity contribution in [2.24, 2.45) is 29.1 Å². The molecule has 4 aliphatic rings. The number of fused-ring (bicyclic) bond motifs is 8. The molecule has 0 spiro atoms. The second-order valence-corrected chi connectivity index (χ2v) is 6.55. The Bertz CT molecular complexity index is 577. The van der Waals surface area contributed by atoms with E-state index in [4.69, 9.17) is 14.2 Å². The van der Waals surface area contributed by atoms with E-state index in [-0.39, 0.29) is 30.6 Å². The average Bonchev–Trinajstić information content (AvgIpc) is 2.76. The lowest BCUT2D eigenvalue weighted by Crippen LogP contribution is -2.33. The smallest absolute Gasteiger partial charge is 0.320 e. The fraction of sp³-hybridized carbons (Fsp3) is 0.733. The first kappa shape index (κ1) is 13.9. The van der Waals surface area contributed by atoms with Crippen molar-refractivity contribution in [3.8, 4) is 0 Å². The van der Waals surface area contributed by atoms with Gasteiger partial charge in [0.05, 0.1) is 36.1 Å². The van der Waals surface area contributed by atoms with Gasteiger partial charge in [-0.3, -0.25) is 19.2 Å². The van der Waals surface area contributed by atoms with Gasteiger partial charge in [0.2, 0.25) is 0 Å². The molecule has 118 valence electrons. The van der Waals surface area contributed by atoms with Gasteiger partial charge in [-0.05, 0) is 13.8 Å². The number of cyclic esters (lactones) is 2. The first-order valence-corrected chi connectivity index (χ1v) is 7.51. The number of carbonyl (C=O) groups excluding carboxylic acids is 4. The second kappa shape index (κ2) is 4.16. The normalized spacial score (nSPS) is 47.0. The number of esters is 3. The van der Waals surface area contributed by atoms with Crippen LogP contribution in [0.1, 0.15) is 20.3 Å². The van der Waals surface area contributed by atoms with Gasteiger partial charge in [0.25, 0.3) is 0 Å². The van der Waals surface area contributed by atoms with E-state index in [9.17, 15) is 19.2 Å². The Labute approximate surface area is 126 Å². The Balaban J connectivity index is 1.70. The van der Waals surface area contributed by atoms with Gasteiger partial charge in [0.1, 0.15) is 5.78 Å². The number of hydrogen-bond donors (Lipinski definition) is 0. The highest BCUT2D eigenvalue weighted by atomic mass is 16.6. The second-order valence-electron chi connectivity index (χ2n) is 6.55. The Morgan fingerprint density at radius 1 is 1.14 bits per heavy atom. The maximum Gasteiger partial charge on any atom is 0.320 e. The summed E-state index contributed by atoms with van der Waals surface area (Å²) in [5.41, 5.74) is -0.930. The molecule has 1 unspecified atom stereocenters. The van der Waals surface area contributed by atoms with E-state index in [1.165, 1.54) is 6.92 Å². The third-order valence-corrected chi connectivity index (χ3v) is 5.53. The Hall–Kier alpha value is -1.76. The maximum atomic E-state index is 12.4. The van der Waals surface area contributed by atoms with Crippen molar-refractivity contribution in [2.75, 3.05) is 6.61 Å². The van der Waals surface area contributed by atoms with E-state index in [0.29, 0.717) is 0 Å². The van der Waals surface area contributed by atoms with Crippen molar-refractivity contribution in [3.05, 3.63) is 0 Å². The van der Waals surface area contributed by atoms with Gasteiger partial charge in [-0.1, -0.05) is 0 Å². The monoisotopic (exact) mass is 308 g/mol. The molecule has 0 aromatic heterocycles. The van der Waals surface area contributed by atoms with Crippen molar-refractivity contribution in [3.63, 3.8) is 0 Å². The standard InChI is InChI=1S/C15H16O7/c1-3-20-14(19)15(4-5(2)16)8-9(15)11-7-6(10(8)21-11)12(17)22-13(7)18/h6-11H,3-4H2,1-2H3/t6-,7+,8+,9-,10-,11+,15?. The Morgan fingerprint density at radius 2 is 1.68 bits per heavy atom. The third kappa shape index (κ3) is 1.40. The molecule has 0 N–H and O–H groups in total. The van der Waals surface area contributed by atoms with Crippen LogP contribution in [0.15, 0.2) is 0 Å². The molecule has 0 radical (unpaired) electrons. The molecule has 7 atom stereocenters. The van der Waals surface area contributed by atoms with Crippen LogP contribution >= 0.6 is 0 Å². The lowest BCUT2D eigenvalue weighted by molar-refractivity contribution is -0.162. The summed E-state index contributed by atoms with van der Waals surface area (Å²) in [6.45, 7) is 3.36. The summed E-state index contributed by atoms with van der Waals surface area (Å²) in [7, 11) is 0. The quantitative estimate of drug-likeness (QED) is 0.526. The van der Waals surface area contributed by atoms with Crippen molar-refractivity contribution in [1.82, 2.24) is 0 Å². The van der Waals surface area contributed by atoms with Gasteiger partial charge in [0, 0.05) is 18.3 Å². The molecule has 1 saturated carbocycles. The van der Waals surface area contributed by atoms with E-state index in [1.807, 2.05) is 0 Å². The van der Waals surface area contributed by atoms with Crippen molar-refractivity contribution < 1.29 is 33.4 Å². The van der Waals surface area contributed by atoms with Crippen LogP contribution in [0.3, 0.4) is 0 Å². The minimum atomic E-state index is -0.930. The highest BCUT2D eigenvalue weighted by Crippen LogP contribution is 2.76. The van der Waals surface area contributed by atoms with Crippen LogP contribution in [0.2, 0.25) is 0 Å². The number of rotatable bonds is 4. The molecule has 0 amide bonds. The average molecular weight is 308 g/mol. The SMILES string of the molecule is CCOC(=O)C1(CC(C)=O)[C@@H]2[C@@H]3O[C@@H]([C@H]4C(=O)OC(=O)[C@@H]34)[C@@H]21. The number of carbonyl (C=O) groups is 4. The molecule has 2 bridgehead atoms. The van der Waals surface area contributed by atoms with Gasteiger partial charge >= 0.3 is 17.9 Å². The number of Topliss-reactive ketones (excluding diaryl/α,β-unsaturated/α-hetero) is 1. The van der Waals surface area contributed by atoms with Gasteiger partial charge in [0.15, 0.2) is 0 Å². The summed E-state index contributed by atoms with van der Waals surface area (Å²) in [6.07, 6.45) is -0.981. The molecule has 7 nitrogen and oxygen atoms in total. The van der Waals surface area contributed by atoms with Crippen LogP contribution in [-0.4, -0.2) is 42.5 Å². The zero-order valence-corrected chi connectivity index (χ0v) is 12.2. The fourth-order valence-corrected chi connectivity index (χ4v) is 4.92. The molecule has 0 aromatic carbocycles. The van der Waals surface area contributed by atoms with Crippen LogP contribution in [0.4, 0.5) is 0 Å². The third-order valence-electron chi connectivity index (χ3n) is 5.53.